The summed E-state index contributed by atoms with van der Waals surface area (Å²) < 4.78 is 10.5. The zero-order valence-electron chi connectivity index (χ0n) is 11.4. The lowest BCUT2D eigenvalue weighted by Crippen LogP contribution is -2.40. The molecule has 4 heteroatoms. The van der Waals surface area contributed by atoms with Crippen molar-refractivity contribution in [1.29, 1.82) is 0 Å². The third-order valence-corrected chi connectivity index (χ3v) is 4.40. The van der Waals surface area contributed by atoms with Gasteiger partial charge in [0.05, 0.1) is 12.7 Å². The van der Waals surface area contributed by atoms with Gasteiger partial charge in [0, 0.05) is 0 Å². The fraction of sp³-hybridized carbons (Fsp3) is 0.929. The molecule has 0 atom stereocenters. The van der Waals surface area contributed by atoms with Gasteiger partial charge in [-0.25, -0.2) is 4.79 Å². The molecular weight excluding hydrogens is 230 g/mol. The van der Waals surface area contributed by atoms with E-state index in [0.717, 1.165) is 25.9 Å². The number of esters is 1. The molecule has 4 nitrogen and oxygen atoms in total. The molecule has 0 unspecified atom stereocenters. The summed E-state index contributed by atoms with van der Waals surface area (Å²) in [5.41, 5.74) is 0.565. The molecule has 2 rings (SSSR count). The molecule has 18 heavy (non-hydrogen) atoms. The molecule has 1 aliphatic heterocycles. The number of nitrogens with one attached hydrogen (secondary N) is 1. The number of ether oxygens (including phenoxy) is 2. The zero-order valence-corrected chi connectivity index (χ0v) is 11.4. The summed E-state index contributed by atoms with van der Waals surface area (Å²) in [6.45, 7) is 4.69. The van der Waals surface area contributed by atoms with Crippen LogP contribution < -0.4 is 5.32 Å². The molecule has 1 saturated carbocycles. The average molecular weight is 255 g/mol. The highest BCUT2D eigenvalue weighted by Crippen LogP contribution is 2.43. The Hall–Kier alpha value is -0.610. The van der Waals surface area contributed by atoms with Crippen molar-refractivity contribution >= 4 is 5.97 Å². The molecule has 1 spiro atoms. The summed E-state index contributed by atoms with van der Waals surface area (Å²) >= 11 is 0. The monoisotopic (exact) mass is 255 g/mol. The first-order chi connectivity index (χ1) is 8.74. The Bertz CT molecular complexity index is 264. The maximum Gasteiger partial charge on any atom is 0.332 e. The second-order valence-electron chi connectivity index (χ2n) is 5.57. The molecule has 0 aromatic rings. The summed E-state index contributed by atoms with van der Waals surface area (Å²) in [7, 11) is 0. The molecule has 0 bridgehead atoms. The summed E-state index contributed by atoms with van der Waals surface area (Å²) in [5.74, 6) is -0.236. The van der Waals surface area contributed by atoms with Crippen LogP contribution in [0.15, 0.2) is 0 Å². The van der Waals surface area contributed by atoms with Crippen LogP contribution in [0.4, 0.5) is 0 Å². The predicted octanol–water partition coefficient (Wildman–Crippen LogP) is 1.88. The first-order valence-corrected chi connectivity index (χ1v) is 7.22. The minimum Gasteiger partial charge on any atom is -0.464 e. The van der Waals surface area contributed by atoms with E-state index < -0.39 is 0 Å². The van der Waals surface area contributed by atoms with Crippen LogP contribution in [-0.2, 0) is 14.3 Å². The summed E-state index contributed by atoms with van der Waals surface area (Å²) in [5, 5.41) is 3.43. The highest BCUT2D eigenvalue weighted by molar-refractivity contribution is 5.70. The molecular formula is C14H25NO3. The Balaban J connectivity index is 1.68. The maximum atomic E-state index is 11.2. The summed E-state index contributed by atoms with van der Waals surface area (Å²) in [6.07, 6.45) is 7.56. The minimum atomic E-state index is -0.236. The van der Waals surface area contributed by atoms with Crippen LogP contribution in [0.5, 0.6) is 0 Å². The SMILES string of the molecule is CCOC(=O)COC1CCC2(CCNCC2)CC1. The summed E-state index contributed by atoms with van der Waals surface area (Å²) in [6, 6.07) is 0. The Morgan fingerprint density at radius 3 is 2.50 bits per heavy atom. The van der Waals surface area contributed by atoms with Gasteiger partial charge in [-0.15, -0.1) is 0 Å². The van der Waals surface area contributed by atoms with E-state index in [1.165, 1.54) is 25.7 Å². The van der Waals surface area contributed by atoms with Crippen molar-refractivity contribution in [3.63, 3.8) is 0 Å². The lowest BCUT2D eigenvalue weighted by molar-refractivity contribution is -0.151. The van der Waals surface area contributed by atoms with Gasteiger partial charge in [0.2, 0.25) is 0 Å². The molecule has 1 saturated heterocycles. The van der Waals surface area contributed by atoms with E-state index in [4.69, 9.17) is 9.47 Å². The molecule has 0 amide bonds. The Kier molecular flexibility index (Phi) is 5.01. The van der Waals surface area contributed by atoms with Gasteiger partial charge >= 0.3 is 5.97 Å². The van der Waals surface area contributed by atoms with E-state index in [0.29, 0.717) is 12.0 Å². The van der Waals surface area contributed by atoms with Crippen LogP contribution >= 0.6 is 0 Å². The molecule has 1 heterocycles. The van der Waals surface area contributed by atoms with Gasteiger partial charge in [-0.3, -0.25) is 0 Å². The standard InChI is InChI=1S/C14H25NO3/c1-2-17-13(16)11-18-12-3-5-14(6-4-12)7-9-15-10-8-14/h12,15H,2-11H2,1H3. The highest BCUT2D eigenvalue weighted by Gasteiger charge is 2.36. The van der Waals surface area contributed by atoms with Crippen molar-refractivity contribution in [1.82, 2.24) is 5.32 Å². The molecule has 104 valence electrons. The number of hydrogen-bond donors (Lipinski definition) is 1. The quantitative estimate of drug-likeness (QED) is 0.779. The Labute approximate surface area is 109 Å². The fourth-order valence-electron chi connectivity index (χ4n) is 3.22. The zero-order chi connectivity index (χ0) is 12.8. The lowest BCUT2D eigenvalue weighted by atomic mass is 9.68. The Morgan fingerprint density at radius 1 is 1.22 bits per heavy atom. The van der Waals surface area contributed by atoms with Crippen molar-refractivity contribution in [3.8, 4) is 0 Å². The molecule has 0 aromatic carbocycles. The molecule has 0 aromatic heterocycles. The van der Waals surface area contributed by atoms with E-state index in [-0.39, 0.29) is 18.7 Å². The number of hydrogen-bond acceptors (Lipinski definition) is 4. The smallest absolute Gasteiger partial charge is 0.332 e. The number of rotatable bonds is 4. The van der Waals surface area contributed by atoms with Gasteiger partial charge < -0.3 is 14.8 Å². The maximum absolute atomic E-state index is 11.2. The van der Waals surface area contributed by atoms with E-state index in [2.05, 4.69) is 5.32 Å². The van der Waals surface area contributed by atoms with Crippen LogP contribution in [0.3, 0.4) is 0 Å². The molecule has 1 aliphatic carbocycles. The lowest BCUT2D eigenvalue weighted by Gasteiger charge is -2.43. The fourth-order valence-corrected chi connectivity index (χ4v) is 3.22. The van der Waals surface area contributed by atoms with Crippen molar-refractivity contribution in [3.05, 3.63) is 0 Å². The third kappa shape index (κ3) is 3.69. The van der Waals surface area contributed by atoms with Gasteiger partial charge in [-0.1, -0.05) is 0 Å². The number of piperidine rings is 1. The highest BCUT2D eigenvalue weighted by atomic mass is 16.6. The van der Waals surface area contributed by atoms with Gasteiger partial charge in [-0.05, 0) is 64.0 Å². The summed E-state index contributed by atoms with van der Waals surface area (Å²) in [4.78, 5) is 11.2. The molecule has 0 radical (unpaired) electrons. The first-order valence-electron chi connectivity index (χ1n) is 7.22. The third-order valence-electron chi connectivity index (χ3n) is 4.40. The van der Waals surface area contributed by atoms with E-state index in [1.54, 1.807) is 0 Å². The van der Waals surface area contributed by atoms with Crippen molar-refractivity contribution in [2.45, 2.75) is 51.6 Å². The topological polar surface area (TPSA) is 47.6 Å². The van der Waals surface area contributed by atoms with Crippen LogP contribution in [0.2, 0.25) is 0 Å². The van der Waals surface area contributed by atoms with E-state index in [1.807, 2.05) is 6.92 Å². The van der Waals surface area contributed by atoms with Gasteiger partial charge in [0.1, 0.15) is 6.61 Å². The largest absolute Gasteiger partial charge is 0.464 e. The molecule has 2 fully saturated rings. The number of carbonyl (C=O) groups excluding carboxylic acids is 1. The second kappa shape index (κ2) is 6.53. The Morgan fingerprint density at radius 2 is 1.89 bits per heavy atom. The van der Waals surface area contributed by atoms with Crippen molar-refractivity contribution < 1.29 is 14.3 Å². The van der Waals surface area contributed by atoms with Gasteiger partial charge in [0.25, 0.3) is 0 Å². The number of carbonyl (C=O) groups is 1. The van der Waals surface area contributed by atoms with Crippen LogP contribution in [0, 0.1) is 5.41 Å². The van der Waals surface area contributed by atoms with E-state index in [9.17, 15) is 4.79 Å². The van der Waals surface area contributed by atoms with Gasteiger partial charge in [-0.2, -0.15) is 0 Å². The van der Waals surface area contributed by atoms with Crippen LogP contribution in [-0.4, -0.2) is 38.4 Å². The first kappa shape index (κ1) is 13.8. The second-order valence-corrected chi connectivity index (χ2v) is 5.57. The predicted molar refractivity (Wildman–Crippen MR) is 69.4 cm³/mol. The van der Waals surface area contributed by atoms with Crippen molar-refractivity contribution in [2.24, 2.45) is 5.41 Å². The van der Waals surface area contributed by atoms with Crippen LogP contribution in [0.1, 0.15) is 45.4 Å². The van der Waals surface area contributed by atoms with Crippen LogP contribution in [0.25, 0.3) is 0 Å². The average Bonchev–Trinajstić information content (AvgIpc) is 2.40. The van der Waals surface area contributed by atoms with Crippen molar-refractivity contribution in [2.75, 3.05) is 26.3 Å². The van der Waals surface area contributed by atoms with Gasteiger partial charge in [0.15, 0.2) is 0 Å². The minimum absolute atomic E-state index is 0.118. The normalized spacial score (nSPS) is 24.1. The molecule has 1 N–H and O–H groups in total. The van der Waals surface area contributed by atoms with E-state index >= 15 is 0 Å². The molecule has 2 aliphatic rings.